The number of nitrogens with two attached hydrogens (primary N) is 1. The van der Waals surface area contributed by atoms with Gasteiger partial charge in [-0.3, -0.25) is 19.1 Å². The van der Waals surface area contributed by atoms with E-state index in [-0.39, 0.29) is 36.3 Å². The molecule has 2 aromatic heterocycles. The molecule has 0 unspecified atom stereocenters. The maximum Gasteiger partial charge on any atom is 0.330 e. The van der Waals surface area contributed by atoms with Gasteiger partial charge in [0, 0.05) is 27.2 Å². The van der Waals surface area contributed by atoms with Gasteiger partial charge in [-0.1, -0.05) is 25.1 Å². The van der Waals surface area contributed by atoms with Crippen molar-refractivity contribution in [2.45, 2.75) is 31.5 Å². The van der Waals surface area contributed by atoms with Gasteiger partial charge in [0.15, 0.2) is 5.69 Å². The number of tetrazole rings is 1. The molecule has 0 aliphatic heterocycles. The average Bonchev–Trinajstić information content (AvgIpc) is 3.07. The van der Waals surface area contributed by atoms with Crippen molar-refractivity contribution in [2.75, 3.05) is 36.6 Å². The van der Waals surface area contributed by atoms with Crippen LogP contribution in [0.2, 0.25) is 0 Å². The number of carbonyl (C=O) groups is 1. The van der Waals surface area contributed by atoms with Crippen molar-refractivity contribution in [3.63, 3.8) is 0 Å². The van der Waals surface area contributed by atoms with E-state index in [1.54, 1.807) is 7.05 Å². The topological polar surface area (TPSA) is 154 Å². The molecule has 0 aliphatic carbocycles. The number of amides is 1. The standard InChI is InChI=1S/C15H24N8O4S/c1-4-5-6-23-12(16)11(13(25)17-14(23)26)22(7-8-27-3)10(24)9-28-15-18-19-20-21(15)2/h4-9,16H2,1-3H3,(H,17,25,26). The minimum atomic E-state index is -0.718. The summed E-state index contributed by atoms with van der Waals surface area (Å²) in [6, 6.07) is 0. The van der Waals surface area contributed by atoms with E-state index in [0.717, 1.165) is 18.2 Å². The van der Waals surface area contributed by atoms with Gasteiger partial charge in [0.1, 0.15) is 5.82 Å². The van der Waals surface area contributed by atoms with E-state index in [1.807, 2.05) is 6.92 Å². The van der Waals surface area contributed by atoms with Crippen molar-refractivity contribution in [2.24, 2.45) is 7.05 Å². The Morgan fingerprint density at radius 1 is 1.39 bits per heavy atom. The monoisotopic (exact) mass is 412 g/mol. The highest BCUT2D eigenvalue weighted by Crippen LogP contribution is 2.20. The van der Waals surface area contributed by atoms with Crippen LogP contribution in [-0.4, -0.2) is 61.7 Å². The number of hydrogen-bond donors (Lipinski definition) is 2. The fourth-order valence-corrected chi connectivity index (χ4v) is 3.19. The van der Waals surface area contributed by atoms with Crippen LogP contribution < -0.4 is 21.9 Å². The number of thioether (sulfide) groups is 1. The van der Waals surface area contributed by atoms with E-state index >= 15 is 0 Å². The molecule has 0 saturated heterocycles. The summed E-state index contributed by atoms with van der Waals surface area (Å²) in [5, 5.41) is 11.5. The third-order valence-electron chi connectivity index (χ3n) is 3.95. The molecule has 12 nitrogen and oxygen atoms in total. The number of anilines is 2. The van der Waals surface area contributed by atoms with Crippen molar-refractivity contribution < 1.29 is 9.53 Å². The molecule has 0 aliphatic rings. The van der Waals surface area contributed by atoms with Crippen LogP contribution in [0.4, 0.5) is 11.5 Å². The molecule has 0 aromatic carbocycles. The molecule has 2 heterocycles. The molecule has 1 amide bonds. The molecule has 2 rings (SSSR count). The Kier molecular flexibility index (Phi) is 7.75. The summed E-state index contributed by atoms with van der Waals surface area (Å²) in [6.45, 7) is 2.61. The number of H-pyrrole nitrogens is 1. The maximum absolute atomic E-state index is 12.8. The maximum atomic E-state index is 12.8. The molecule has 0 fully saturated rings. The second-order valence-electron chi connectivity index (χ2n) is 5.91. The molecular weight excluding hydrogens is 388 g/mol. The molecule has 2 aromatic rings. The predicted octanol–water partition coefficient (Wildman–Crippen LogP) is -0.786. The molecule has 0 bridgehead atoms. The zero-order valence-electron chi connectivity index (χ0n) is 16.0. The third-order valence-corrected chi connectivity index (χ3v) is 4.94. The summed E-state index contributed by atoms with van der Waals surface area (Å²) in [6.07, 6.45) is 1.55. The molecular formula is C15H24N8O4S. The molecule has 0 saturated carbocycles. The van der Waals surface area contributed by atoms with Crippen LogP contribution in [0.1, 0.15) is 19.8 Å². The fourth-order valence-electron chi connectivity index (χ4n) is 2.47. The van der Waals surface area contributed by atoms with Gasteiger partial charge in [0.05, 0.1) is 12.4 Å². The van der Waals surface area contributed by atoms with Crippen LogP contribution >= 0.6 is 11.8 Å². The predicted molar refractivity (Wildman–Crippen MR) is 104 cm³/mol. The summed E-state index contributed by atoms with van der Waals surface area (Å²) in [4.78, 5) is 40.9. The lowest BCUT2D eigenvalue weighted by Crippen LogP contribution is -2.43. The largest absolute Gasteiger partial charge is 0.383 e. The number of nitrogen functional groups attached to an aromatic ring is 1. The number of nitrogens with one attached hydrogen (secondary N) is 1. The zero-order chi connectivity index (χ0) is 20.7. The quantitative estimate of drug-likeness (QED) is 0.478. The number of unbranched alkanes of at least 4 members (excludes halogenated alkanes) is 1. The smallest absolute Gasteiger partial charge is 0.330 e. The van der Waals surface area contributed by atoms with E-state index in [1.165, 1.54) is 21.3 Å². The molecule has 13 heteroatoms. The molecule has 0 radical (unpaired) electrons. The van der Waals surface area contributed by atoms with Gasteiger partial charge in [-0.25, -0.2) is 9.48 Å². The van der Waals surface area contributed by atoms with Crippen LogP contribution in [0.25, 0.3) is 0 Å². The number of ether oxygens (including phenoxy) is 1. The zero-order valence-corrected chi connectivity index (χ0v) is 16.9. The van der Waals surface area contributed by atoms with Gasteiger partial charge in [-0.15, -0.1) is 5.10 Å². The van der Waals surface area contributed by atoms with Gasteiger partial charge in [0.2, 0.25) is 11.1 Å². The summed E-state index contributed by atoms with van der Waals surface area (Å²) in [5.41, 5.74) is 4.74. The van der Waals surface area contributed by atoms with E-state index in [9.17, 15) is 14.4 Å². The fraction of sp³-hybridized carbons (Fsp3) is 0.600. The van der Waals surface area contributed by atoms with Crippen molar-refractivity contribution in [3.05, 3.63) is 20.8 Å². The lowest BCUT2D eigenvalue weighted by molar-refractivity contribution is -0.116. The number of carbonyl (C=O) groups excluding carboxylic acids is 1. The normalized spacial score (nSPS) is 11.0. The first kappa shape index (κ1) is 21.6. The first-order chi connectivity index (χ1) is 13.4. The molecule has 0 spiro atoms. The summed E-state index contributed by atoms with van der Waals surface area (Å²) >= 11 is 1.12. The van der Waals surface area contributed by atoms with Crippen LogP contribution in [0.3, 0.4) is 0 Å². The van der Waals surface area contributed by atoms with Crippen molar-refractivity contribution >= 4 is 29.2 Å². The van der Waals surface area contributed by atoms with Gasteiger partial charge >= 0.3 is 5.69 Å². The Hall–Kier alpha value is -2.67. The van der Waals surface area contributed by atoms with Crippen molar-refractivity contribution in [1.82, 2.24) is 29.8 Å². The number of methoxy groups -OCH3 is 1. The Morgan fingerprint density at radius 2 is 2.14 bits per heavy atom. The summed E-state index contributed by atoms with van der Waals surface area (Å²) in [5.74, 6) is -0.454. The van der Waals surface area contributed by atoms with E-state index in [4.69, 9.17) is 10.5 Å². The lowest BCUT2D eigenvalue weighted by Gasteiger charge is -2.24. The minimum absolute atomic E-state index is 0.0229. The van der Waals surface area contributed by atoms with Gasteiger partial charge in [0.25, 0.3) is 5.56 Å². The number of hydrogen-bond acceptors (Lipinski definition) is 9. The molecule has 154 valence electrons. The molecule has 28 heavy (non-hydrogen) atoms. The number of rotatable bonds is 10. The van der Waals surface area contributed by atoms with Crippen LogP contribution in [0.5, 0.6) is 0 Å². The third kappa shape index (κ3) is 4.98. The van der Waals surface area contributed by atoms with Crippen molar-refractivity contribution in [3.8, 4) is 0 Å². The number of nitrogens with zero attached hydrogens (tertiary/aromatic N) is 6. The number of aryl methyl sites for hydroxylation is 1. The summed E-state index contributed by atoms with van der Waals surface area (Å²) in [7, 11) is 3.14. The van der Waals surface area contributed by atoms with Crippen LogP contribution in [0.15, 0.2) is 14.7 Å². The van der Waals surface area contributed by atoms with Crippen LogP contribution in [-0.2, 0) is 23.1 Å². The highest BCUT2D eigenvalue weighted by Gasteiger charge is 2.24. The van der Waals surface area contributed by atoms with E-state index in [0.29, 0.717) is 18.1 Å². The Labute approximate surface area is 165 Å². The van der Waals surface area contributed by atoms with Gasteiger partial charge in [-0.05, 0) is 16.8 Å². The highest BCUT2D eigenvalue weighted by molar-refractivity contribution is 7.99. The highest BCUT2D eigenvalue weighted by atomic mass is 32.2. The molecule has 3 N–H and O–H groups in total. The second kappa shape index (κ2) is 10.0. The second-order valence-corrected chi connectivity index (χ2v) is 6.85. The van der Waals surface area contributed by atoms with Crippen LogP contribution in [0, 0.1) is 0 Å². The molecule has 0 atom stereocenters. The SMILES string of the molecule is CCCCn1c(N)c(N(CCOC)C(=O)CSc2nnnn2C)c(=O)[nH]c1=O. The lowest BCUT2D eigenvalue weighted by atomic mass is 10.3. The van der Waals surface area contributed by atoms with Gasteiger partial charge in [-0.2, -0.15) is 0 Å². The van der Waals surface area contributed by atoms with Crippen molar-refractivity contribution in [1.29, 1.82) is 0 Å². The Balaban J connectivity index is 2.35. The number of aromatic nitrogens is 6. The Morgan fingerprint density at radius 3 is 2.75 bits per heavy atom. The first-order valence-electron chi connectivity index (χ1n) is 8.67. The average molecular weight is 412 g/mol. The minimum Gasteiger partial charge on any atom is -0.383 e. The van der Waals surface area contributed by atoms with Gasteiger partial charge < -0.3 is 15.4 Å². The Bertz CT molecular complexity index is 921. The number of aromatic amines is 1. The summed E-state index contributed by atoms with van der Waals surface area (Å²) < 4.78 is 7.76. The van der Waals surface area contributed by atoms with E-state index in [2.05, 4.69) is 20.5 Å². The van der Waals surface area contributed by atoms with E-state index < -0.39 is 11.2 Å². The first-order valence-corrected chi connectivity index (χ1v) is 9.66.